The molecular weight excluding hydrogens is 1570 g/mol. The summed E-state index contributed by atoms with van der Waals surface area (Å²) in [5, 5.41) is 5.71. The second kappa shape index (κ2) is 28.9. The number of hydrogen-bond donors (Lipinski definition) is 0. The average Bonchev–Trinajstić information content (AvgIpc) is 1.45. The second-order valence-corrected chi connectivity index (χ2v) is 83.6. The molecule has 0 spiro atoms. The van der Waals surface area contributed by atoms with Crippen molar-refractivity contribution in [2.24, 2.45) is 0 Å². The molecule has 1 unspecified atom stereocenters. The van der Waals surface area contributed by atoms with Gasteiger partial charge in [0.25, 0.3) is 0 Å². The minimum atomic E-state index is -5.72. The van der Waals surface area contributed by atoms with Gasteiger partial charge in [-0.2, -0.15) is 0 Å². The Morgan fingerprint density at radius 1 is 0.265 bits per heavy atom. The molecule has 8 bridgehead atoms. The Hall–Kier alpha value is -2.87. The van der Waals surface area contributed by atoms with Crippen LogP contribution in [0, 0.1) is 0 Å². The van der Waals surface area contributed by atoms with E-state index in [-0.39, 0.29) is 6.10 Å². The van der Waals surface area contributed by atoms with Gasteiger partial charge in [0.15, 0.2) is 8.32 Å². The molecule has 38 heteroatoms. The highest BCUT2D eigenvalue weighted by Gasteiger charge is 2.93. The van der Waals surface area contributed by atoms with Gasteiger partial charge in [0.05, 0.1) is 13.2 Å². The lowest BCUT2D eigenvalue weighted by Gasteiger charge is -2.61. The average molecular weight is 1660 g/mol. The van der Waals surface area contributed by atoms with Gasteiger partial charge in [0.2, 0.25) is 58.2 Å². The highest BCUT2D eigenvalue weighted by molar-refractivity contribution is 7.07. The normalized spacial score (nSPS) is 29.2. The van der Waals surface area contributed by atoms with E-state index in [2.05, 4.69) is 13.1 Å². The second-order valence-electron chi connectivity index (χ2n) is 30.1. The lowest BCUT2D eigenvalue weighted by Crippen LogP contribution is -2.93. The summed E-state index contributed by atoms with van der Waals surface area (Å²) in [7, 11) is -74.3. The minimum absolute atomic E-state index is 0.0582. The van der Waals surface area contributed by atoms with Crippen LogP contribution in [0.2, 0.25) is 111 Å². The smallest absolute Gasteiger partial charge is 0.395 e. The highest BCUT2D eigenvalue weighted by Crippen LogP contribution is 2.54. The largest absolute Gasteiger partial charge is 0.651 e. The number of hydrogen-bond acceptors (Lipinski definition) is 22. The van der Waals surface area contributed by atoms with E-state index >= 15 is 0 Å². The zero-order valence-electron chi connectivity index (χ0n) is 60.8. The first-order valence-corrected chi connectivity index (χ1v) is 71.1. The Kier molecular flexibility index (Phi) is 21.9. The molecule has 0 radical (unpaired) electrons. The van der Waals surface area contributed by atoms with Crippen LogP contribution in [0.4, 0.5) is 0 Å². The van der Waals surface area contributed by atoms with Gasteiger partial charge < -0.3 is 91.8 Å². The maximum absolute atomic E-state index is 8.28. The molecule has 7 aromatic rings. The Morgan fingerprint density at radius 3 is 0.598 bits per heavy atom. The fourth-order valence-electron chi connectivity index (χ4n) is 12.7. The summed E-state index contributed by atoms with van der Waals surface area (Å²) in [6.07, 6.45) is 0.610. The summed E-state index contributed by atoms with van der Waals surface area (Å²) in [5.41, 5.74) is 0. The van der Waals surface area contributed by atoms with E-state index in [1.807, 2.05) is 304 Å². The predicted octanol–water partition coefficient (Wildman–Crippen LogP) is 8.67. The third-order valence-electron chi connectivity index (χ3n) is 18.1. The maximum atomic E-state index is 8.28. The molecular formula is C64H94O22Si16. The van der Waals surface area contributed by atoms with Crippen LogP contribution in [0.15, 0.2) is 212 Å². The van der Waals surface area contributed by atoms with Gasteiger partial charge in [-0.25, -0.2) is 0 Å². The molecule has 7 aliphatic rings. The van der Waals surface area contributed by atoms with Gasteiger partial charge >= 0.3 is 72.4 Å². The molecule has 0 amide bonds. The number of rotatable bonds is 29. The summed E-state index contributed by atoms with van der Waals surface area (Å²) in [6.45, 7) is 33.8. The first-order chi connectivity index (χ1) is 48.0. The summed E-state index contributed by atoms with van der Waals surface area (Å²) in [6, 6.07) is 69.4. The van der Waals surface area contributed by atoms with E-state index in [0.717, 1.165) is 36.3 Å². The van der Waals surface area contributed by atoms with Crippen LogP contribution in [0.25, 0.3) is 0 Å². The standard InChI is InChI=1S/C64H94O22Si16/c1-87(2,54-38-53-65-55-57-56-66-57)67-95-75-96(68-88(3,4)58-39-24-17-25-40-58)78-99(71-91(9,10)61-45-30-20-31-46-61)80-97(76-95,69-89(5,6)59-41-26-18-27-42-59)82-101(73-93(13,14)63-49-34-22-35-50-63)83-98(77-95,70-90(7,8)60-43-28-19-29-44-60)81-100(79-96,72-92(11,12)62-47-32-21-33-48-62)85-102(84-99,86-101)74-94(15,16)64-51-36-23-37-52-64/h17-37,39-52,57H,38,53-56H2,1-16H3. The Labute approximate surface area is 617 Å². The maximum Gasteiger partial charge on any atom is 0.651 e. The van der Waals surface area contributed by atoms with E-state index in [1.54, 1.807) is 0 Å². The van der Waals surface area contributed by atoms with Gasteiger partial charge in [-0.1, -0.05) is 212 Å². The number of ether oxygens (including phenoxy) is 2. The van der Waals surface area contributed by atoms with Crippen molar-refractivity contribution in [1.82, 2.24) is 0 Å². The van der Waals surface area contributed by atoms with E-state index in [9.17, 15) is 0 Å². The Balaban J connectivity index is 1.18. The van der Waals surface area contributed by atoms with Gasteiger partial charge in [-0.3, -0.25) is 0 Å². The van der Waals surface area contributed by atoms with Crippen molar-refractivity contribution < 1.29 is 91.8 Å². The first kappa shape index (κ1) is 77.3. The van der Waals surface area contributed by atoms with Crippen molar-refractivity contribution in [3.63, 3.8) is 0 Å². The van der Waals surface area contributed by atoms with E-state index < -0.39 is 139 Å². The molecule has 7 heterocycles. The zero-order valence-corrected chi connectivity index (χ0v) is 76.8. The topological polar surface area (TPSA) is 206 Å². The number of epoxide rings is 1. The van der Waals surface area contributed by atoms with Crippen LogP contribution < -0.4 is 36.3 Å². The molecule has 7 saturated heterocycles. The van der Waals surface area contributed by atoms with Crippen LogP contribution in [0.3, 0.4) is 0 Å². The molecule has 546 valence electrons. The molecule has 7 fully saturated rings. The van der Waals surface area contributed by atoms with Crippen molar-refractivity contribution >= 4 is 175 Å². The quantitative estimate of drug-likeness (QED) is 0.0244. The Morgan fingerprint density at radius 2 is 0.431 bits per heavy atom. The molecule has 7 aromatic carbocycles. The molecule has 0 aromatic heterocycles. The lowest BCUT2D eigenvalue weighted by molar-refractivity contribution is -0.129. The molecule has 14 rings (SSSR count). The zero-order chi connectivity index (χ0) is 72.5. The third-order valence-corrected chi connectivity index (χ3v) is 80.2. The van der Waals surface area contributed by atoms with Crippen LogP contribution in [0.1, 0.15) is 6.42 Å². The lowest BCUT2D eigenvalue weighted by atomic mass is 10.4. The van der Waals surface area contributed by atoms with Crippen molar-refractivity contribution in [3.05, 3.63) is 212 Å². The predicted molar refractivity (Wildman–Crippen MR) is 420 cm³/mol. The van der Waals surface area contributed by atoms with E-state index in [1.165, 1.54) is 0 Å². The summed E-state index contributed by atoms with van der Waals surface area (Å²) in [5.74, 6) is 0. The molecule has 1 atom stereocenters. The monoisotopic (exact) mass is 1660 g/mol. The molecule has 0 saturated carbocycles. The summed E-state index contributed by atoms with van der Waals surface area (Å²) in [4.78, 5) is 0. The molecule has 0 aliphatic carbocycles. The fraction of sp³-hybridized carbons (Fsp3) is 0.344. The minimum Gasteiger partial charge on any atom is -0.395 e. The van der Waals surface area contributed by atoms with Crippen LogP contribution in [-0.4, -0.2) is 165 Å². The number of benzene rings is 7. The Bertz CT molecular complexity index is 3650. The molecule has 22 nitrogen and oxygen atoms in total. The molecule has 0 N–H and O–H groups in total. The van der Waals surface area contributed by atoms with Crippen molar-refractivity contribution in [1.29, 1.82) is 0 Å². The first-order valence-electron chi connectivity index (χ1n) is 34.6. The van der Waals surface area contributed by atoms with Crippen molar-refractivity contribution in [2.45, 2.75) is 123 Å². The van der Waals surface area contributed by atoms with E-state index in [0.29, 0.717) is 32.3 Å². The van der Waals surface area contributed by atoms with Crippen LogP contribution in [-0.2, 0) is 91.8 Å². The summed E-state index contributed by atoms with van der Waals surface area (Å²) >= 11 is 0. The van der Waals surface area contributed by atoms with Gasteiger partial charge in [0, 0.05) is 6.61 Å². The highest BCUT2D eigenvalue weighted by atomic mass is 28.7. The fourth-order valence-corrected chi connectivity index (χ4v) is 85.3. The molecule has 102 heavy (non-hydrogen) atoms. The van der Waals surface area contributed by atoms with E-state index in [4.69, 9.17) is 91.8 Å². The van der Waals surface area contributed by atoms with Crippen molar-refractivity contribution in [2.75, 3.05) is 19.8 Å². The van der Waals surface area contributed by atoms with Gasteiger partial charge in [-0.15, -0.1) is 0 Å². The van der Waals surface area contributed by atoms with Crippen molar-refractivity contribution in [3.8, 4) is 0 Å². The van der Waals surface area contributed by atoms with Gasteiger partial charge in [-0.05, 0) is 154 Å². The van der Waals surface area contributed by atoms with Crippen LogP contribution >= 0.6 is 0 Å². The SMILES string of the molecule is C[Si](C)(CCCOCC1CO1)O[Si]12O[Si]3(O[Si](C)(C)c4ccccc4)O[Si]4(O[Si](C)(C)c5ccccc5)O[Si](O[Si](C)(C)c5ccccc5)(O1)O[Si]1(O[Si](C)(C)c5ccccc5)O[Si](O[Si](C)(C)c5ccccc5)(O2)O[Si](O[Si](C)(C)c2ccccc2)(O3)O[Si](O[Si](C)(C)c2ccccc2)(O4)O1. The third kappa shape index (κ3) is 17.4. The summed E-state index contributed by atoms with van der Waals surface area (Å²) < 4.78 is 175. The van der Waals surface area contributed by atoms with Crippen LogP contribution in [0.5, 0.6) is 0 Å². The van der Waals surface area contributed by atoms with Gasteiger partial charge in [0.1, 0.15) is 6.10 Å². The molecule has 7 aliphatic heterocycles.